The number of ether oxygens (including phenoxy) is 1. The lowest BCUT2D eigenvalue weighted by Gasteiger charge is -2.30. The molecule has 0 aromatic heterocycles. The standard InChI is InChI=1S/C19H18Cl2N2O3/c1-26-11-18(24)23-8-2-3-12-4-6-14(10-17(12)23)22-19(25)15-9-13(20)5-7-16(15)21/h4-7,9-10H,2-3,8,11H2,1H3,(H,22,25). The second-order valence-corrected chi connectivity index (χ2v) is 6.85. The Morgan fingerprint density at radius 3 is 2.77 bits per heavy atom. The lowest BCUT2D eigenvalue weighted by molar-refractivity contribution is -0.122. The maximum absolute atomic E-state index is 12.5. The van der Waals surface area contributed by atoms with E-state index in [9.17, 15) is 9.59 Å². The molecule has 0 saturated heterocycles. The van der Waals surface area contributed by atoms with Crippen LogP contribution in [0.15, 0.2) is 36.4 Å². The summed E-state index contributed by atoms with van der Waals surface area (Å²) in [5.41, 5.74) is 2.75. The monoisotopic (exact) mass is 392 g/mol. The van der Waals surface area contributed by atoms with Gasteiger partial charge in [0.15, 0.2) is 0 Å². The lowest BCUT2D eigenvalue weighted by atomic mass is 10.0. The van der Waals surface area contributed by atoms with Gasteiger partial charge in [-0.1, -0.05) is 29.3 Å². The van der Waals surface area contributed by atoms with Gasteiger partial charge >= 0.3 is 0 Å². The van der Waals surface area contributed by atoms with Crippen LogP contribution < -0.4 is 10.2 Å². The van der Waals surface area contributed by atoms with Crippen molar-refractivity contribution in [3.8, 4) is 0 Å². The molecule has 26 heavy (non-hydrogen) atoms. The molecule has 136 valence electrons. The molecule has 0 unspecified atom stereocenters. The Bertz CT molecular complexity index is 855. The molecule has 1 heterocycles. The molecule has 0 saturated carbocycles. The first kappa shape index (κ1) is 18.7. The lowest BCUT2D eigenvalue weighted by Crippen LogP contribution is -2.37. The minimum Gasteiger partial charge on any atom is -0.375 e. The van der Waals surface area contributed by atoms with Crippen LogP contribution in [0.25, 0.3) is 0 Å². The zero-order valence-electron chi connectivity index (χ0n) is 14.2. The van der Waals surface area contributed by atoms with Crippen LogP contribution in [0.2, 0.25) is 10.0 Å². The van der Waals surface area contributed by atoms with Gasteiger partial charge in [0, 0.05) is 30.1 Å². The Balaban J connectivity index is 1.86. The smallest absolute Gasteiger partial charge is 0.257 e. The average molecular weight is 393 g/mol. The SMILES string of the molecule is COCC(=O)N1CCCc2ccc(NC(=O)c3cc(Cl)ccc3Cl)cc21. The van der Waals surface area contributed by atoms with Gasteiger partial charge in [-0.15, -0.1) is 0 Å². The molecule has 2 aromatic carbocycles. The highest BCUT2D eigenvalue weighted by Gasteiger charge is 2.23. The fraction of sp³-hybridized carbons (Fsp3) is 0.263. The van der Waals surface area contributed by atoms with Gasteiger partial charge in [0.25, 0.3) is 11.8 Å². The summed E-state index contributed by atoms with van der Waals surface area (Å²) < 4.78 is 4.96. The summed E-state index contributed by atoms with van der Waals surface area (Å²) in [7, 11) is 1.49. The van der Waals surface area contributed by atoms with Crippen molar-refractivity contribution >= 4 is 46.4 Å². The van der Waals surface area contributed by atoms with Crippen LogP contribution in [0.3, 0.4) is 0 Å². The largest absolute Gasteiger partial charge is 0.375 e. The number of anilines is 2. The molecule has 1 N–H and O–H groups in total. The third kappa shape index (κ3) is 4.01. The number of hydrogen-bond acceptors (Lipinski definition) is 3. The fourth-order valence-electron chi connectivity index (χ4n) is 2.98. The Morgan fingerprint density at radius 1 is 1.19 bits per heavy atom. The third-order valence-electron chi connectivity index (χ3n) is 4.20. The number of fused-ring (bicyclic) bond motifs is 1. The number of rotatable bonds is 4. The molecule has 0 aliphatic carbocycles. The van der Waals surface area contributed by atoms with E-state index < -0.39 is 0 Å². The van der Waals surface area contributed by atoms with E-state index >= 15 is 0 Å². The van der Waals surface area contributed by atoms with Crippen molar-refractivity contribution in [1.82, 2.24) is 0 Å². The number of nitrogens with zero attached hydrogens (tertiary/aromatic N) is 1. The van der Waals surface area contributed by atoms with Crippen LogP contribution in [-0.4, -0.2) is 32.1 Å². The molecule has 0 fully saturated rings. The molecule has 3 rings (SSSR count). The highest BCUT2D eigenvalue weighted by Crippen LogP contribution is 2.31. The maximum atomic E-state index is 12.5. The molecular formula is C19H18Cl2N2O3. The zero-order chi connectivity index (χ0) is 18.7. The summed E-state index contributed by atoms with van der Waals surface area (Å²) >= 11 is 12.0. The highest BCUT2D eigenvalue weighted by molar-refractivity contribution is 6.36. The Labute approximate surface area is 161 Å². The van der Waals surface area contributed by atoms with Crippen LogP contribution in [-0.2, 0) is 16.0 Å². The Kier molecular flexibility index (Phi) is 5.81. The van der Waals surface area contributed by atoms with E-state index in [1.54, 1.807) is 23.1 Å². The molecule has 7 heteroatoms. The van der Waals surface area contributed by atoms with Gasteiger partial charge < -0.3 is 15.0 Å². The van der Waals surface area contributed by atoms with E-state index in [2.05, 4.69) is 5.32 Å². The molecule has 1 aliphatic heterocycles. The topological polar surface area (TPSA) is 58.6 Å². The molecule has 2 amide bonds. The fourth-order valence-corrected chi connectivity index (χ4v) is 3.36. The maximum Gasteiger partial charge on any atom is 0.257 e. The van der Waals surface area contributed by atoms with Crippen LogP contribution in [0.4, 0.5) is 11.4 Å². The zero-order valence-corrected chi connectivity index (χ0v) is 15.7. The predicted molar refractivity (Wildman–Crippen MR) is 103 cm³/mol. The summed E-state index contributed by atoms with van der Waals surface area (Å²) in [5.74, 6) is -0.460. The number of halogens is 2. The van der Waals surface area contributed by atoms with Crippen molar-refractivity contribution in [1.29, 1.82) is 0 Å². The van der Waals surface area contributed by atoms with E-state index in [-0.39, 0.29) is 18.4 Å². The summed E-state index contributed by atoms with van der Waals surface area (Å²) in [6.07, 6.45) is 1.78. The second kappa shape index (κ2) is 8.08. The van der Waals surface area contributed by atoms with Gasteiger partial charge in [-0.05, 0) is 48.7 Å². The third-order valence-corrected chi connectivity index (χ3v) is 4.77. The van der Waals surface area contributed by atoms with E-state index in [0.29, 0.717) is 27.8 Å². The Morgan fingerprint density at radius 2 is 2.00 bits per heavy atom. The first-order valence-corrected chi connectivity index (χ1v) is 8.94. The normalized spacial score (nSPS) is 13.3. The van der Waals surface area contributed by atoms with Crippen molar-refractivity contribution in [2.45, 2.75) is 12.8 Å². The number of amides is 2. The van der Waals surface area contributed by atoms with E-state index in [1.165, 1.54) is 13.2 Å². The minimum atomic E-state index is -0.358. The first-order chi connectivity index (χ1) is 12.5. The molecule has 0 atom stereocenters. The number of carbonyl (C=O) groups is 2. The molecule has 2 aromatic rings. The van der Waals surface area contributed by atoms with Crippen molar-refractivity contribution in [2.75, 3.05) is 30.5 Å². The van der Waals surface area contributed by atoms with Gasteiger partial charge in [-0.25, -0.2) is 0 Å². The molecule has 0 spiro atoms. The van der Waals surface area contributed by atoms with Crippen LogP contribution in [0.5, 0.6) is 0 Å². The molecule has 0 radical (unpaired) electrons. The average Bonchev–Trinajstić information content (AvgIpc) is 2.63. The van der Waals surface area contributed by atoms with Crippen molar-refractivity contribution < 1.29 is 14.3 Å². The van der Waals surface area contributed by atoms with Crippen molar-refractivity contribution in [2.24, 2.45) is 0 Å². The molecular weight excluding hydrogens is 375 g/mol. The van der Waals surface area contributed by atoms with Crippen LogP contribution in [0, 0.1) is 0 Å². The summed E-state index contributed by atoms with van der Waals surface area (Å²) in [4.78, 5) is 26.5. The van der Waals surface area contributed by atoms with E-state index in [1.807, 2.05) is 12.1 Å². The second-order valence-electron chi connectivity index (χ2n) is 6.00. The van der Waals surface area contributed by atoms with Crippen LogP contribution >= 0.6 is 23.2 Å². The summed E-state index contributed by atoms with van der Waals surface area (Å²) in [6, 6.07) is 10.3. The number of nitrogens with one attached hydrogen (secondary N) is 1. The van der Waals surface area contributed by atoms with E-state index in [0.717, 1.165) is 24.1 Å². The van der Waals surface area contributed by atoms with Crippen molar-refractivity contribution in [3.63, 3.8) is 0 Å². The summed E-state index contributed by atoms with van der Waals surface area (Å²) in [5, 5.41) is 3.57. The number of hydrogen-bond donors (Lipinski definition) is 1. The van der Waals surface area contributed by atoms with Gasteiger partial charge in [0.1, 0.15) is 6.61 Å². The Hall–Kier alpha value is -2.08. The number of methoxy groups -OCH3 is 1. The van der Waals surface area contributed by atoms with Gasteiger partial charge in [0.2, 0.25) is 0 Å². The number of carbonyl (C=O) groups excluding carboxylic acids is 2. The quantitative estimate of drug-likeness (QED) is 0.848. The van der Waals surface area contributed by atoms with Gasteiger partial charge in [-0.2, -0.15) is 0 Å². The number of benzene rings is 2. The molecule has 5 nitrogen and oxygen atoms in total. The molecule has 1 aliphatic rings. The minimum absolute atomic E-state index is 0.0220. The van der Waals surface area contributed by atoms with Gasteiger partial charge in [-0.3, -0.25) is 9.59 Å². The van der Waals surface area contributed by atoms with Crippen molar-refractivity contribution in [3.05, 3.63) is 57.6 Å². The highest BCUT2D eigenvalue weighted by atomic mass is 35.5. The first-order valence-electron chi connectivity index (χ1n) is 8.18. The van der Waals surface area contributed by atoms with Gasteiger partial charge in [0.05, 0.1) is 10.6 Å². The number of aryl methyl sites for hydroxylation is 1. The summed E-state index contributed by atoms with van der Waals surface area (Å²) in [6.45, 7) is 0.654. The predicted octanol–water partition coefficient (Wildman–Crippen LogP) is 4.17. The molecule has 0 bridgehead atoms. The van der Waals surface area contributed by atoms with Crippen LogP contribution in [0.1, 0.15) is 22.3 Å². The van der Waals surface area contributed by atoms with E-state index in [4.69, 9.17) is 27.9 Å².